The zero-order chi connectivity index (χ0) is 20.1. The molecule has 1 aliphatic heterocycles. The van der Waals surface area contributed by atoms with Crippen LogP contribution < -0.4 is 10.6 Å². The number of hydrogen-bond acceptors (Lipinski definition) is 7. The van der Waals surface area contributed by atoms with Crippen LogP contribution in [0.25, 0.3) is 11.5 Å². The topological polar surface area (TPSA) is 84.9 Å². The second-order valence-electron chi connectivity index (χ2n) is 7.02. The van der Waals surface area contributed by atoms with Gasteiger partial charge in [-0.2, -0.15) is 28.1 Å². The zero-order valence-corrected chi connectivity index (χ0v) is 15.8. The molecule has 152 valence electrons. The van der Waals surface area contributed by atoms with Crippen molar-refractivity contribution >= 4 is 11.9 Å². The van der Waals surface area contributed by atoms with E-state index in [4.69, 9.17) is 4.74 Å². The van der Waals surface area contributed by atoms with E-state index in [1.54, 1.807) is 0 Å². The molecular weight excluding hydrogens is 373 g/mol. The summed E-state index contributed by atoms with van der Waals surface area (Å²) in [5, 5.41) is 6.33. The standard InChI is InChI=1S/C18H23F3N6O/c1-11(2)10-22-16-25-15(13-4-3-5-14(24-13)18(19,20)21)26-17(27-16)23-12-6-8-28-9-7-12/h3-5,11-12H,6-10H2,1-2H3,(H2,22,23,25,26,27). The van der Waals surface area contributed by atoms with Gasteiger partial charge in [-0.25, -0.2) is 4.98 Å². The van der Waals surface area contributed by atoms with Crippen LogP contribution in [0.2, 0.25) is 0 Å². The van der Waals surface area contributed by atoms with Gasteiger partial charge in [0.25, 0.3) is 0 Å². The smallest absolute Gasteiger partial charge is 0.381 e. The van der Waals surface area contributed by atoms with Crippen LogP contribution in [0.5, 0.6) is 0 Å². The van der Waals surface area contributed by atoms with Gasteiger partial charge in [-0.1, -0.05) is 19.9 Å². The summed E-state index contributed by atoms with van der Waals surface area (Å²) in [6.07, 6.45) is -2.93. The Labute approximate surface area is 161 Å². The maximum atomic E-state index is 13.0. The first-order valence-corrected chi connectivity index (χ1v) is 9.20. The van der Waals surface area contributed by atoms with E-state index in [1.807, 2.05) is 13.8 Å². The molecule has 0 saturated carbocycles. The van der Waals surface area contributed by atoms with Crippen molar-refractivity contribution in [2.45, 2.75) is 38.9 Å². The van der Waals surface area contributed by atoms with Crippen molar-refractivity contribution in [3.8, 4) is 11.5 Å². The first kappa shape index (κ1) is 20.2. The van der Waals surface area contributed by atoms with Crippen molar-refractivity contribution in [3.63, 3.8) is 0 Å². The molecule has 0 atom stereocenters. The van der Waals surface area contributed by atoms with Gasteiger partial charge in [0, 0.05) is 25.8 Å². The third-order valence-electron chi connectivity index (χ3n) is 4.13. The third kappa shape index (κ3) is 5.51. The third-order valence-corrected chi connectivity index (χ3v) is 4.13. The van der Waals surface area contributed by atoms with Crippen molar-refractivity contribution in [2.75, 3.05) is 30.4 Å². The average Bonchev–Trinajstić information content (AvgIpc) is 2.66. The highest BCUT2D eigenvalue weighted by Gasteiger charge is 2.32. The molecule has 2 aromatic rings. The minimum absolute atomic E-state index is 0.0415. The van der Waals surface area contributed by atoms with E-state index in [0.717, 1.165) is 18.9 Å². The Morgan fingerprint density at radius 1 is 1.07 bits per heavy atom. The lowest BCUT2D eigenvalue weighted by Gasteiger charge is -2.23. The predicted molar refractivity (Wildman–Crippen MR) is 98.9 cm³/mol. The van der Waals surface area contributed by atoms with E-state index in [-0.39, 0.29) is 17.6 Å². The summed E-state index contributed by atoms with van der Waals surface area (Å²) in [5.74, 6) is 1.04. The fourth-order valence-electron chi connectivity index (χ4n) is 2.67. The largest absolute Gasteiger partial charge is 0.433 e. The van der Waals surface area contributed by atoms with Crippen LogP contribution in [0.4, 0.5) is 25.1 Å². The van der Waals surface area contributed by atoms with E-state index in [1.165, 1.54) is 12.1 Å². The monoisotopic (exact) mass is 396 g/mol. The number of pyridine rings is 1. The second-order valence-corrected chi connectivity index (χ2v) is 7.02. The fourth-order valence-corrected chi connectivity index (χ4v) is 2.67. The second kappa shape index (κ2) is 8.68. The van der Waals surface area contributed by atoms with E-state index in [9.17, 15) is 13.2 Å². The lowest BCUT2D eigenvalue weighted by molar-refractivity contribution is -0.141. The number of hydrogen-bond donors (Lipinski definition) is 2. The number of ether oxygens (including phenoxy) is 1. The normalized spacial score (nSPS) is 15.6. The highest BCUT2D eigenvalue weighted by molar-refractivity contribution is 5.54. The molecule has 2 N–H and O–H groups in total. The average molecular weight is 396 g/mol. The summed E-state index contributed by atoms with van der Waals surface area (Å²) in [6.45, 7) is 5.97. The number of anilines is 2. The van der Waals surface area contributed by atoms with Crippen LogP contribution in [0.3, 0.4) is 0 Å². The lowest BCUT2D eigenvalue weighted by atomic mass is 10.1. The summed E-state index contributed by atoms with van der Waals surface area (Å²) in [7, 11) is 0. The number of nitrogens with one attached hydrogen (secondary N) is 2. The van der Waals surface area contributed by atoms with Crippen LogP contribution >= 0.6 is 0 Å². The van der Waals surface area contributed by atoms with Crippen LogP contribution in [0.15, 0.2) is 18.2 Å². The number of nitrogens with zero attached hydrogens (tertiary/aromatic N) is 4. The van der Waals surface area contributed by atoms with E-state index in [2.05, 4.69) is 30.6 Å². The number of rotatable bonds is 6. The number of halogens is 3. The molecule has 1 saturated heterocycles. The molecule has 1 fully saturated rings. The molecule has 3 heterocycles. The molecule has 0 spiro atoms. The first-order valence-electron chi connectivity index (χ1n) is 9.20. The van der Waals surface area contributed by atoms with Gasteiger partial charge in [-0.15, -0.1) is 0 Å². The summed E-state index contributed by atoms with van der Waals surface area (Å²) >= 11 is 0. The van der Waals surface area contributed by atoms with Gasteiger partial charge in [0.05, 0.1) is 0 Å². The number of aromatic nitrogens is 4. The molecule has 1 aliphatic rings. The van der Waals surface area contributed by atoms with Crippen molar-refractivity contribution in [1.82, 2.24) is 19.9 Å². The van der Waals surface area contributed by atoms with Gasteiger partial charge in [0.15, 0.2) is 5.82 Å². The molecule has 0 radical (unpaired) electrons. The predicted octanol–water partition coefficient (Wildman–Crippen LogP) is 3.61. The molecule has 28 heavy (non-hydrogen) atoms. The molecule has 0 unspecified atom stereocenters. The minimum Gasteiger partial charge on any atom is -0.381 e. The Morgan fingerprint density at radius 3 is 2.46 bits per heavy atom. The van der Waals surface area contributed by atoms with Gasteiger partial charge >= 0.3 is 6.18 Å². The van der Waals surface area contributed by atoms with Crippen molar-refractivity contribution in [3.05, 3.63) is 23.9 Å². The molecular formula is C18H23F3N6O. The molecule has 0 aliphatic carbocycles. The molecule has 2 aromatic heterocycles. The van der Waals surface area contributed by atoms with Crippen molar-refractivity contribution in [1.29, 1.82) is 0 Å². The lowest BCUT2D eigenvalue weighted by Crippen LogP contribution is -2.29. The van der Waals surface area contributed by atoms with Gasteiger partial charge in [-0.3, -0.25) is 0 Å². The van der Waals surface area contributed by atoms with Gasteiger partial charge in [-0.05, 0) is 30.9 Å². The van der Waals surface area contributed by atoms with Gasteiger partial charge in [0.2, 0.25) is 11.9 Å². The quantitative estimate of drug-likeness (QED) is 0.772. The Hall–Kier alpha value is -2.49. The van der Waals surface area contributed by atoms with Gasteiger partial charge < -0.3 is 15.4 Å². The summed E-state index contributed by atoms with van der Waals surface area (Å²) < 4.78 is 44.4. The molecule has 0 amide bonds. The zero-order valence-electron chi connectivity index (χ0n) is 15.8. The molecule has 10 heteroatoms. The Kier molecular flexibility index (Phi) is 6.28. The Bertz CT molecular complexity index is 793. The van der Waals surface area contributed by atoms with E-state index < -0.39 is 11.9 Å². The van der Waals surface area contributed by atoms with Crippen LogP contribution in [0, 0.1) is 5.92 Å². The number of alkyl halides is 3. The molecule has 7 nitrogen and oxygen atoms in total. The minimum atomic E-state index is -4.54. The van der Waals surface area contributed by atoms with Crippen LogP contribution in [-0.2, 0) is 10.9 Å². The Morgan fingerprint density at radius 2 is 1.79 bits per heavy atom. The van der Waals surface area contributed by atoms with Crippen molar-refractivity contribution < 1.29 is 17.9 Å². The van der Waals surface area contributed by atoms with Crippen molar-refractivity contribution in [2.24, 2.45) is 5.92 Å². The molecule has 3 rings (SSSR count). The van der Waals surface area contributed by atoms with E-state index >= 15 is 0 Å². The van der Waals surface area contributed by atoms with E-state index in [0.29, 0.717) is 37.6 Å². The summed E-state index contributed by atoms with van der Waals surface area (Å²) in [6, 6.07) is 3.80. The SMILES string of the molecule is CC(C)CNc1nc(NC2CCOCC2)nc(-c2cccc(C(F)(F)F)n2)n1. The first-order chi connectivity index (χ1) is 13.3. The fraction of sp³-hybridized carbons (Fsp3) is 0.556. The Balaban J connectivity index is 1.92. The molecule has 0 bridgehead atoms. The van der Waals surface area contributed by atoms with Crippen LogP contribution in [0.1, 0.15) is 32.4 Å². The highest BCUT2D eigenvalue weighted by Crippen LogP contribution is 2.29. The summed E-state index contributed by atoms with van der Waals surface area (Å²) in [5.41, 5.74) is -0.944. The maximum absolute atomic E-state index is 13.0. The maximum Gasteiger partial charge on any atom is 0.433 e. The van der Waals surface area contributed by atoms with Gasteiger partial charge in [0.1, 0.15) is 11.4 Å². The highest BCUT2D eigenvalue weighted by atomic mass is 19.4. The molecule has 0 aromatic carbocycles. The summed E-state index contributed by atoms with van der Waals surface area (Å²) in [4.78, 5) is 16.6. The van der Waals surface area contributed by atoms with Crippen LogP contribution in [-0.4, -0.2) is 45.7 Å².